The molecule has 0 aliphatic carbocycles. The number of nitrogens with one attached hydrogen (secondary N) is 1. The molecule has 1 aliphatic heterocycles. The number of hydrogen-bond acceptors (Lipinski definition) is 4. The predicted molar refractivity (Wildman–Crippen MR) is 127 cm³/mol. The summed E-state index contributed by atoms with van der Waals surface area (Å²) in [4.78, 5) is 27.5. The number of likely N-dealkylation sites (tertiary alicyclic amines) is 1. The lowest BCUT2D eigenvalue weighted by Gasteiger charge is -2.53. The molecule has 1 atom stereocenters. The van der Waals surface area contributed by atoms with E-state index in [4.69, 9.17) is 5.26 Å². The molecule has 34 heavy (non-hydrogen) atoms. The molecule has 0 aromatic heterocycles. The molecule has 1 heterocycles. The summed E-state index contributed by atoms with van der Waals surface area (Å²) in [5, 5.41) is 22.4. The Bertz CT molecular complexity index is 1110. The van der Waals surface area contributed by atoms with Gasteiger partial charge in [-0.1, -0.05) is 38.1 Å². The molecular weight excluding hydrogens is 433 g/mol. The van der Waals surface area contributed by atoms with Crippen molar-refractivity contribution in [3.05, 3.63) is 71.0 Å². The molecule has 2 aromatic rings. The Labute approximate surface area is 200 Å². The fourth-order valence-corrected chi connectivity index (χ4v) is 4.91. The highest BCUT2D eigenvalue weighted by atomic mass is 19.1. The minimum Gasteiger partial charge on any atom is -0.395 e. The Morgan fingerprint density at radius 2 is 1.88 bits per heavy atom. The number of nitriles is 1. The fraction of sp³-hybridized carbons (Fsp3) is 0.444. The Kier molecular flexibility index (Phi) is 7.13. The Balaban J connectivity index is 1.74. The molecule has 0 radical (unpaired) electrons. The third-order valence-corrected chi connectivity index (χ3v) is 7.04. The second-order valence-electron chi connectivity index (χ2n) is 10.4. The first kappa shape index (κ1) is 25.4. The molecule has 0 bridgehead atoms. The average Bonchev–Trinajstić information content (AvgIpc) is 2.78. The van der Waals surface area contributed by atoms with Crippen molar-refractivity contribution >= 4 is 11.8 Å². The van der Waals surface area contributed by atoms with Gasteiger partial charge in [0.2, 0.25) is 5.91 Å². The SMILES string of the molecule is CC(C)(CC(=O)N1CC[C@@](CO)(c2ccc(C#N)c(F)c2)C(C)(C)C1)NC(=O)c1ccccc1. The van der Waals surface area contributed by atoms with Crippen molar-refractivity contribution in [1.82, 2.24) is 10.2 Å². The van der Waals surface area contributed by atoms with E-state index >= 15 is 0 Å². The van der Waals surface area contributed by atoms with Gasteiger partial charge in [-0.05, 0) is 55.5 Å². The zero-order chi connectivity index (χ0) is 25.1. The molecule has 7 heteroatoms. The molecule has 1 aliphatic rings. The number of aliphatic hydroxyl groups excluding tert-OH is 1. The molecule has 1 saturated heterocycles. The zero-order valence-corrected chi connectivity index (χ0v) is 20.2. The highest BCUT2D eigenvalue weighted by Crippen LogP contribution is 2.48. The predicted octanol–water partition coefficient (Wildman–Crippen LogP) is 3.78. The first-order valence-electron chi connectivity index (χ1n) is 11.4. The Hall–Kier alpha value is -3.24. The summed E-state index contributed by atoms with van der Waals surface area (Å²) in [6.07, 6.45) is 0.573. The summed E-state index contributed by atoms with van der Waals surface area (Å²) in [6.45, 7) is 8.12. The third-order valence-electron chi connectivity index (χ3n) is 7.04. The Morgan fingerprint density at radius 1 is 1.21 bits per heavy atom. The van der Waals surface area contributed by atoms with Gasteiger partial charge in [-0.2, -0.15) is 5.26 Å². The van der Waals surface area contributed by atoms with Crippen molar-refractivity contribution in [2.75, 3.05) is 19.7 Å². The van der Waals surface area contributed by atoms with Crippen LogP contribution in [-0.4, -0.2) is 47.1 Å². The van der Waals surface area contributed by atoms with E-state index in [0.717, 1.165) is 0 Å². The maximum atomic E-state index is 14.4. The first-order valence-corrected chi connectivity index (χ1v) is 11.4. The first-order chi connectivity index (χ1) is 15.9. The number of carbonyl (C=O) groups is 2. The molecular formula is C27H32FN3O3. The van der Waals surface area contributed by atoms with Crippen molar-refractivity contribution in [3.8, 4) is 6.07 Å². The molecule has 2 aromatic carbocycles. The van der Waals surface area contributed by atoms with E-state index < -0.39 is 22.2 Å². The minimum absolute atomic E-state index is 0.0398. The number of benzene rings is 2. The molecule has 0 spiro atoms. The average molecular weight is 466 g/mol. The van der Waals surface area contributed by atoms with Crippen LogP contribution in [0.4, 0.5) is 4.39 Å². The fourth-order valence-electron chi connectivity index (χ4n) is 4.91. The van der Waals surface area contributed by atoms with E-state index in [1.165, 1.54) is 12.1 Å². The van der Waals surface area contributed by atoms with Crippen LogP contribution < -0.4 is 5.32 Å². The van der Waals surface area contributed by atoms with Crippen LogP contribution in [0.1, 0.15) is 62.0 Å². The number of amides is 2. The lowest BCUT2D eigenvalue weighted by Crippen LogP contribution is -2.59. The van der Waals surface area contributed by atoms with Crippen molar-refractivity contribution in [3.63, 3.8) is 0 Å². The number of halogens is 1. The molecule has 2 N–H and O–H groups in total. The molecule has 0 saturated carbocycles. The number of carbonyl (C=O) groups excluding carboxylic acids is 2. The maximum Gasteiger partial charge on any atom is 0.251 e. The summed E-state index contributed by atoms with van der Waals surface area (Å²) in [5.74, 6) is -0.943. The van der Waals surface area contributed by atoms with Gasteiger partial charge in [0.1, 0.15) is 11.9 Å². The zero-order valence-electron chi connectivity index (χ0n) is 20.2. The van der Waals surface area contributed by atoms with Crippen molar-refractivity contribution < 1.29 is 19.1 Å². The summed E-state index contributed by atoms with van der Waals surface area (Å²) < 4.78 is 14.4. The van der Waals surface area contributed by atoms with Crippen LogP contribution in [0.15, 0.2) is 48.5 Å². The summed E-state index contributed by atoms with van der Waals surface area (Å²) in [5.41, 5.74) is -0.954. The number of aliphatic hydroxyl groups is 1. The third kappa shape index (κ3) is 4.97. The molecule has 6 nitrogen and oxygen atoms in total. The van der Waals surface area contributed by atoms with Crippen LogP contribution in [0.25, 0.3) is 0 Å². The second-order valence-corrected chi connectivity index (χ2v) is 10.4. The maximum absolute atomic E-state index is 14.4. The number of hydrogen-bond donors (Lipinski definition) is 2. The summed E-state index contributed by atoms with van der Waals surface area (Å²) in [6, 6.07) is 15.1. The van der Waals surface area contributed by atoms with Crippen LogP contribution in [0.5, 0.6) is 0 Å². The van der Waals surface area contributed by atoms with E-state index in [0.29, 0.717) is 30.6 Å². The van der Waals surface area contributed by atoms with Crippen molar-refractivity contribution in [1.29, 1.82) is 5.26 Å². The topological polar surface area (TPSA) is 93.4 Å². The highest BCUT2D eigenvalue weighted by Gasteiger charge is 2.50. The number of rotatable bonds is 6. The monoisotopic (exact) mass is 465 g/mol. The number of piperidine rings is 1. The second kappa shape index (κ2) is 9.55. The Morgan fingerprint density at radius 3 is 2.44 bits per heavy atom. The highest BCUT2D eigenvalue weighted by molar-refractivity contribution is 5.95. The molecule has 0 unspecified atom stereocenters. The van der Waals surface area contributed by atoms with E-state index in [9.17, 15) is 19.1 Å². The van der Waals surface area contributed by atoms with Gasteiger partial charge < -0.3 is 15.3 Å². The van der Waals surface area contributed by atoms with Crippen LogP contribution in [-0.2, 0) is 10.2 Å². The standard InChI is InChI=1S/C27H32FN3O3/c1-25(2)17-31(13-12-27(25,18-32)21-11-10-20(16-29)22(28)14-21)23(33)15-26(3,4)30-24(34)19-8-6-5-7-9-19/h5-11,14,32H,12-13,15,17-18H2,1-4H3,(H,30,34)/t27-/m1/s1. The van der Waals surface area contributed by atoms with Gasteiger partial charge in [0.25, 0.3) is 5.91 Å². The van der Waals surface area contributed by atoms with Crippen LogP contribution in [0.2, 0.25) is 0 Å². The van der Waals surface area contributed by atoms with E-state index in [1.807, 2.05) is 39.8 Å². The summed E-state index contributed by atoms with van der Waals surface area (Å²) >= 11 is 0. The largest absolute Gasteiger partial charge is 0.395 e. The van der Waals surface area contributed by atoms with Crippen molar-refractivity contribution in [2.45, 2.75) is 51.5 Å². The van der Waals surface area contributed by atoms with Gasteiger partial charge in [0.15, 0.2) is 0 Å². The smallest absolute Gasteiger partial charge is 0.251 e. The van der Waals surface area contributed by atoms with E-state index in [-0.39, 0.29) is 30.4 Å². The lowest BCUT2D eigenvalue weighted by molar-refractivity contribution is -0.138. The van der Waals surface area contributed by atoms with Gasteiger partial charge in [0.05, 0.1) is 12.2 Å². The lowest BCUT2D eigenvalue weighted by atomic mass is 9.58. The van der Waals surface area contributed by atoms with E-state index in [2.05, 4.69) is 5.32 Å². The molecule has 3 rings (SSSR count). The molecule has 1 fully saturated rings. The number of nitrogens with zero attached hydrogens (tertiary/aromatic N) is 2. The normalized spacial score (nSPS) is 19.9. The molecule has 2 amide bonds. The van der Waals surface area contributed by atoms with Gasteiger partial charge in [-0.15, -0.1) is 0 Å². The van der Waals surface area contributed by atoms with Gasteiger partial charge in [-0.3, -0.25) is 9.59 Å². The van der Waals surface area contributed by atoms with Crippen LogP contribution in [0, 0.1) is 22.6 Å². The van der Waals surface area contributed by atoms with Crippen LogP contribution >= 0.6 is 0 Å². The minimum atomic E-state index is -0.754. The van der Waals surface area contributed by atoms with Gasteiger partial charge in [0, 0.05) is 36.0 Å². The van der Waals surface area contributed by atoms with Gasteiger partial charge in [-0.25, -0.2) is 4.39 Å². The van der Waals surface area contributed by atoms with Crippen LogP contribution in [0.3, 0.4) is 0 Å². The van der Waals surface area contributed by atoms with E-state index in [1.54, 1.807) is 35.2 Å². The quantitative estimate of drug-likeness (QED) is 0.679. The molecule has 180 valence electrons. The summed E-state index contributed by atoms with van der Waals surface area (Å²) in [7, 11) is 0. The van der Waals surface area contributed by atoms with Gasteiger partial charge >= 0.3 is 0 Å². The van der Waals surface area contributed by atoms with Crippen molar-refractivity contribution in [2.24, 2.45) is 5.41 Å².